The molecule has 5 nitrogen and oxygen atoms in total. The van der Waals surface area contributed by atoms with Crippen molar-refractivity contribution in [3.05, 3.63) is 41.6 Å². The first-order valence-corrected chi connectivity index (χ1v) is 10.2. The fourth-order valence-electron chi connectivity index (χ4n) is 4.69. The van der Waals surface area contributed by atoms with Gasteiger partial charge in [-0.2, -0.15) is 0 Å². The van der Waals surface area contributed by atoms with Crippen LogP contribution in [0.2, 0.25) is 0 Å². The molecule has 2 fully saturated rings. The quantitative estimate of drug-likeness (QED) is 0.901. The average Bonchev–Trinajstić information content (AvgIpc) is 2.72. The normalized spacial score (nSPS) is 20.5. The van der Waals surface area contributed by atoms with Crippen LogP contribution in [0.4, 0.5) is 0 Å². The van der Waals surface area contributed by atoms with Gasteiger partial charge in [0, 0.05) is 36.3 Å². The molecular weight excluding hydrogens is 338 g/mol. The number of carbonyl (C=O) groups excluding carboxylic acids is 1. The van der Waals surface area contributed by atoms with Gasteiger partial charge in [0.1, 0.15) is 0 Å². The Morgan fingerprint density at radius 1 is 1.19 bits per heavy atom. The van der Waals surface area contributed by atoms with Crippen LogP contribution >= 0.6 is 0 Å². The van der Waals surface area contributed by atoms with Gasteiger partial charge in [-0.1, -0.05) is 37.5 Å². The highest BCUT2D eigenvalue weighted by Gasteiger charge is 2.38. The third kappa shape index (κ3) is 3.85. The molecule has 144 valence electrons. The van der Waals surface area contributed by atoms with Gasteiger partial charge in [-0.15, -0.1) is 0 Å². The molecule has 0 unspecified atom stereocenters. The number of benzene rings is 1. The van der Waals surface area contributed by atoms with Crippen molar-refractivity contribution in [1.29, 1.82) is 0 Å². The van der Waals surface area contributed by atoms with Crippen LogP contribution in [0.1, 0.15) is 48.2 Å². The van der Waals surface area contributed by atoms with Crippen molar-refractivity contribution < 1.29 is 9.53 Å². The van der Waals surface area contributed by atoms with Gasteiger partial charge in [0.15, 0.2) is 0 Å². The number of nitrogens with one attached hydrogen (secondary N) is 1. The van der Waals surface area contributed by atoms with Crippen LogP contribution in [0.3, 0.4) is 0 Å². The molecule has 1 saturated carbocycles. The highest BCUT2D eigenvalue weighted by molar-refractivity contribution is 6.06. The van der Waals surface area contributed by atoms with E-state index in [1.54, 1.807) is 0 Å². The number of nitrogens with zero attached hydrogens (tertiary/aromatic N) is 2. The molecule has 4 rings (SSSR count). The Kier molecular flexibility index (Phi) is 5.41. The van der Waals surface area contributed by atoms with E-state index in [1.165, 1.54) is 19.3 Å². The van der Waals surface area contributed by atoms with Gasteiger partial charge in [0.25, 0.3) is 5.91 Å². The molecule has 0 bridgehead atoms. The van der Waals surface area contributed by atoms with Crippen LogP contribution in [0.15, 0.2) is 30.3 Å². The standard InChI is InChI=1S/C22H29N3O2/c1-17-15-19(18-7-3-4-8-20(18)24-17)21(26)23-16-22(9-5-2-6-10-22)25-11-13-27-14-12-25/h3-4,7-8,15H,2,5-6,9-14,16H2,1H3,(H,23,26). The van der Waals surface area contributed by atoms with E-state index in [1.807, 2.05) is 37.3 Å². The SMILES string of the molecule is Cc1cc(C(=O)NCC2(N3CCOCC3)CCCCC2)c2ccccc2n1. The highest BCUT2D eigenvalue weighted by Crippen LogP contribution is 2.34. The maximum Gasteiger partial charge on any atom is 0.252 e. The van der Waals surface area contributed by atoms with Crippen LogP contribution in [-0.4, -0.2) is 54.2 Å². The molecule has 1 N–H and O–H groups in total. The maximum absolute atomic E-state index is 13.1. The molecule has 27 heavy (non-hydrogen) atoms. The summed E-state index contributed by atoms with van der Waals surface area (Å²) >= 11 is 0. The molecule has 1 aliphatic heterocycles. The second kappa shape index (κ2) is 7.95. The van der Waals surface area contributed by atoms with Crippen molar-refractivity contribution in [3.63, 3.8) is 0 Å². The van der Waals surface area contributed by atoms with Gasteiger partial charge in [-0.05, 0) is 31.9 Å². The minimum absolute atomic E-state index is 0.00917. The van der Waals surface area contributed by atoms with Crippen molar-refractivity contribution in [2.24, 2.45) is 0 Å². The molecule has 1 amide bonds. The van der Waals surface area contributed by atoms with Crippen LogP contribution in [0.5, 0.6) is 0 Å². The summed E-state index contributed by atoms with van der Waals surface area (Å²) in [6.45, 7) is 6.18. The summed E-state index contributed by atoms with van der Waals surface area (Å²) in [4.78, 5) is 20.2. The fraction of sp³-hybridized carbons (Fsp3) is 0.545. The van der Waals surface area contributed by atoms with Crippen LogP contribution in [0, 0.1) is 6.92 Å². The number of hydrogen-bond acceptors (Lipinski definition) is 4. The second-order valence-electron chi connectivity index (χ2n) is 7.90. The summed E-state index contributed by atoms with van der Waals surface area (Å²) in [5.41, 5.74) is 2.56. The number of aryl methyl sites for hydroxylation is 1. The lowest BCUT2D eigenvalue weighted by Gasteiger charge is -2.48. The van der Waals surface area contributed by atoms with Crippen molar-refractivity contribution >= 4 is 16.8 Å². The molecule has 1 aromatic heterocycles. The third-order valence-corrected chi connectivity index (χ3v) is 6.13. The molecule has 0 atom stereocenters. The number of amides is 1. The summed E-state index contributed by atoms with van der Waals surface area (Å²) in [6.07, 6.45) is 6.09. The number of para-hydroxylation sites is 1. The van der Waals surface area contributed by atoms with Crippen molar-refractivity contribution in [1.82, 2.24) is 15.2 Å². The van der Waals surface area contributed by atoms with E-state index in [9.17, 15) is 4.79 Å². The van der Waals surface area contributed by atoms with Crippen molar-refractivity contribution in [2.75, 3.05) is 32.8 Å². The van der Waals surface area contributed by atoms with Gasteiger partial charge in [-0.3, -0.25) is 14.7 Å². The number of hydrogen-bond donors (Lipinski definition) is 1. The molecule has 2 aromatic rings. The summed E-state index contributed by atoms with van der Waals surface area (Å²) < 4.78 is 5.56. The zero-order valence-corrected chi connectivity index (χ0v) is 16.2. The Balaban J connectivity index is 1.55. The summed E-state index contributed by atoms with van der Waals surface area (Å²) in [5.74, 6) is 0.00917. The zero-order chi connectivity index (χ0) is 18.7. The number of fused-ring (bicyclic) bond motifs is 1. The van der Waals surface area contributed by atoms with E-state index in [2.05, 4.69) is 15.2 Å². The van der Waals surface area contributed by atoms with E-state index in [-0.39, 0.29) is 11.4 Å². The topological polar surface area (TPSA) is 54.5 Å². The Bertz CT molecular complexity index is 808. The monoisotopic (exact) mass is 367 g/mol. The van der Waals surface area contributed by atoms with Crippen LogP contribution in [-0.2, 0) is 4.74 Å². The minimum Gasteiger partial charge on any atom is -0.379 e. The average molecular weight is 367 g/mol. The van der Waals surface area contributed by atoms with Gasteiger partial charge in [0.05, 0.1) is 24.3 Å². The van der Waals surface area contributed by atoms with E-state index in [0.29, 0.717) is 6.54 Å². The van der Waals surface area contributed by atoms with E-state index in [4.69, 9.17) is 4.74 Å². The molecule has 5 heteroatoms. The molecule has 1 aliphatic carbocycles. The number of ether oxygens (including phenoxy) is 1. The molecule has 2 heterocycles. The summed E-state index contributed by atoms with van der Waals surface area (Å²) in [6, 6.07) is 9.78. The molecule has 2 aliphatic rings. The third-order valence-electron chi connectivity index (χ3n) is 6.13. The number of carbonyl (C=O) groups is 1. The van der Waals surface area contributed by atoms with Crippen LogP contribution in [0.25, 0.3) is 10.9 Å². The fourth-order valence-corrected chi connectivity index (χ4v) is 4.69. The van der Waals surface area contributed by atoms with Crippen molar-refractivity contribution in [2.45, 2.75) is 44.6 Å². The largest absolute Gasteiger partial charge is 0.379 e. The molecule has 0 radical (unpaired) electrons. The maximum atomic E-state index is 13.1. The Labute approximate surface area is 161 Å². The van der Waals surface area contributed by atoms with Crippen LogP contribution < -0.4 is 5.32 Å². The lowest BCUT2D eigenvalue weighted by Crippen LogP contribution is -2.59. The Morgan fingerprint density at radius 2 is 1.93 bits per heavy atom. The summed E-state index contributed by atoms with van der Waals surface area (Å²) in [5, 5.41) is 4.20. The number of morpholine rings is 1. The lowest BCUT2D eigenvalue weighted by molar-refractivity contribution is -0.0361. The molecule has 1 saturated heterocycles. The molecule has 1 aromatic carbocycles. The number of pyridine rings is 1. The zero-order valence-electron chi connectivity index (χ0n) is 16.2. The van der Waals surface area contributed by atoms with E-state index >= 15 is 0 Å². The smallest absolute Gasteiger partial charge is 0.252 e. The van der Waals surface area contributed by atoms with Crippen molar-refractivity contribution in [3.8, 4) is 0 Å². The first-order valence-electron chi connectivity index (χ1n) is 10.2. The Morgan fingerprint density at radius 3 is 2.70 bits per heavy atom. The van der Waals surface area contributed by atoms with E-state index < -0.39 is 0 Å². The van der Waals surface area contributed by atoms with E-state index in [0.717, 1.165) is 61.3 Å². The van der Waals surface area contributed by atoms with Gasteiger partial charge in [0.2, 0.25) is 0 Å². The number of aromatic nitrogens is 1. The predicted octanol–water partition coefficient (Wildman–Crippen LogP) is 3.31. The Hall–Kier alpha value is -1.98. The summed E-state index contributed by atoms with van der Waals surface area (Å²) in [7, 11) is 0. The first-order chi connectivity index (χ1) is 13.2. The molecular formula is C22H29N3O2. The van der Waals surface area contributed by atoms with Gasteiger partial charge < -0.3 is 10.1 Å². The second-order valence-corrected chi connectivity index (χ2v) is 7.90. The first kappa shape index (κ1) is 18.4. The van der Waals surface area contributed by atoms with Gasteiger partial charge >= 0.3 is 0 Å². The number of rotatable bonds is 4. The highest BCUT2D eigenvalue weighted by atomic mass is 16.5. The molecule has 0 spiro atoms. The lowest BCUT2D eigenvalue weighted by atomic mass is 9.79. The minimum atomic E-state index is 0.00917. The predicted molar refractivity (Wildman–Crippen MR) is 107 cm³/mol. The van der Waals surface area contributed by atoms with Gasteiger partial charge in [-0.25, -0.2) is 0 Å².